The molecule has 0 amide bonds. The fourth-order valence-corrected chi connectivity index (χ4v) is 3.76. The molecule has 2 heteroatoms. The van der Waals surface area contributed by atoms with Crippen molar-refractivity contribution < 1.29 is 4.39 Å². The largest absolute Gasteiger partial charge is 0.382 e. The second kappa shape index (κ2) is 4.56. The van der Waals surface area contributed by atoms with E-state index in [1.165, 1.54) is 12.5 Å². The van der Waals surface area contributed by atoms with E-state index in [0.29, 0.717) is 16.9 Å². The van der Waals surface area contributed by atoms with Crippen molar-refractivity contribution in [1.82, 2.24) is 0 Å². The molecule has 0 spiro atoms. The van der Waals surface area contributed by atoms with Crippen LogP contribution in [-0.2, 0) is 0 Å². The summed E-state index contributed by atoms with van der Waals surface area (Å²) >= 11 is 0. The summed E-state index contributed by atoms with van der Waals surface area (Å²) in [6, 6.07) is 7.20. The maximum atomic E-state index is 13.2. The smallest absolute Gasteiger partial charge is 0.125 e. The first kappa shape index (κ1) is 13.4. The summed E-state index contributed by atoms with van der Waals surface area (Å²) < 4.78 is 13.2. The molecule has 0 aromatic heterocycles. The second-order valence-electron chi connectivity index (χ2n) is 7.27. The molecule has 0 radical (unpaired) electrons. The molecule has 1 aromatic carbocycles. The molecule has 0 aliphatic heterocycles. The zero-order valence-corrected chi connectivity index (χ0v) is 11.9. The molecule has 1 aliphatic carbocycles. The first-order valence-electron chi connectivity index (χ1n) is 6.78. The summed E-state index contributed by atoms with van der Waals surface area (Å²) in [7, 11) is 0. The highest BCUT2D eigenvalue weighted by atomic mass is 19.1. The van der Waals surface area contributed by atoms with Crippen molar-refractivity contribution in [3.63, 3.8) is 0 Å². The Hall–Kier alpha value is -1.05. The van der Waals surface area contributed by atoms with E-state index in [0.717, 1.165) is 18.5 Å². The molecule has 1 N–H and O–H groups in total. The molecule has 100 valence electrons. The molecule has 0 saturated heterocycles. The van der Waals surface area contributed by atoms with Crippen LogP contribution < -0.4 is 5.32 Å². The van der Waals surface area contributed by atoms with Gasteiger partial charge in [0.25, 0.3) is 0 Å². The maximum absolute atomic E-state index is 13.2. The molecule has 18 heavy (non-hydrogen) atoms. The first-order valence-corrected chi connectivity index (χ1v) is 6.78. The van der Waals surface area contributed by atoms with Crippen LogP contribution in [0, 0.1) is 16.6 Å². The molecule has 1 nitrogen and oxygen atoms in total. The van der Waals surface area contributed by atoms with Crippen LogP contribution >= 0.6 is 0 Å². The van der Waals surface area contributed by atoms with Crippen molar-refractivity contribution in [1.29, 1.82) is 0 Å². The van der Waals surface area contributed by atoms with Crippen LogP contribution in [0.25, 0.3) is 0 Å². The number of nitrogens with one attached hydrogen (secondary N) is 1. The van der Waals surface area contributed by atoms with E-state index < -0.39 is 0 Å². The van der Waals surface area contributed by atoms with Gasteiger partial charge in [-0.15, -0.1) is 0 Å². The predicted molar refractivity (Wildman–Crippen MR) is 75.2 cm³/mol. The standard InChI is InChI=1S/C16H24FN/c1-15(2)9-14(10-16(3,4)11-15)18-13-7-5-6-12(17)8-13/h5-8,14,18H,9-11H2,1-4H3. The third-order valence-electron chi connectivity index (χ3n) is 3.75. The minimum absolute atomic E-state index is 0.172. The lowest BCUT2D eigenvalue weighted by molar-refractivity contribution is 0.105. The summed E-state index contributed by atoms with van der Waals surface area (Å²) in [5.41, 5.74) is 1.60. The Balaban J connectivity index is 2.09. The van der Waals surface area contributed by atoms with Gasteiger partial charge in [-0.2, -0.15) is 0 Å². The summed E-state index contributed by atoms with van der Waals surface area (Å²) in [6.45, 7) is 9.31. The topological polar surface area (TPSA) is 12.0 Å². The zero-order valence-electron chi connectivity index (χ0n) is 11.9. The summed E-state index contributed by atoms with van der Waals surface area (Å²) in [6.07, 6.45) is 3.54. The highest BCUT2D eigenvalue weighted by Crippen LogP contribution is 2.46. The Kier molecular flexibility index (Phi) is 3.39. The molecular formula is C16H24FN. The van der Waals surface area contributed by atoms with E-state index in [1.807, 2.05) is 6.07 Å². The third-order valence-corrected chi connectivity index (χ3v) is 3.75. The van der Waals surface area contributed by atoms with Crippen LogP contribution in [0.5, 0.6) is 0 Å². The lowest BCUT2D eigenvalue weighted by Crippen LogP contribution is -2.40. The first-order chi connectivity index (χ1) is 8.26. The average molecular weight is 249 g/mol. The minimum atomic E-state index is -0.172. The van der Waals surface area contributed by atoms with Crippen molar-refractivity contribution in [2.75, 3.05) is 5.32 Å². The maximum Gasteiger partial charge on any atom is 0.125 e. The fourth-order valence-electron chi connectivity index (χ4n) is 3.76. The molecule has 1 fully saturated rings. The number of halogens is 1. The van der Waals surface area contributed by atoms with Crippen LogP contribution in [-0.4, -0.2) is 6.04 Å². The third kappa shape index (κ3) is 3.47. The van der Waals surface area contributed by atoms with Gasteiger partial charge in [-0.1, -0.05) is 33.8 Å². The molecular weight excluding hydrogens is 225 g/mol. The highest BCUT2D eigenvalue weighted by Gasteiger charge is 2.38. The van der Waals surface area contributed by atoms with Crippen molar-refractivity contribution in [2.24, 2.45) is 10.8 Å². The highest BCUT2D eigenvalue weighted by molar-refractivity contribution is 5.44. The molecule has 0 atom stereocenters. The van der Waals surface area contributed by atoms with Gasteiger partial charge in [0.05, 0.1) is 0 Å². The molecule has 0 heterocycles. The van der Waals surface area contributed by atoms with Gasteiger partial charge in [0.1, 0.15) is 5.82 Å². The fraction of sp³-hybridized carbons (Fsp3) is 0.625. The van der Waals surface area contributed by atoms with E-state index in [2.05, 4.69) is 33.0 Å². The van der Waals surface area contributed by atoms with E-state index in [4.69, 9.17) is 0 Å². The van der Waals surface area contributed by atoms with Crippen molar-refractivity contribution in [3.05, 3.63) is 30.1 Å². The van der Waals surface area contributed by atoms with Gasteiger partial charge >= 0.3 is 0 Å². The quantitative estimate of drug-likeness (QED) is 0.790. The molecule has 2 rings (SSSR count). The van der Waals surface area contributed by atoms with Gasteiger partial charge in [0, 0.05) is 11.7 Å². The van der Waals surface area contributed by atoms with Gasteiger partial charge in [-0.3, -0.25) is 0 Å². The van der Waals surface area contributed by atoms with E-state index >= 15 is 0 Å². The summed E-state index contributed by atoms with van der Waals surface area (Å²) in [5, 5.41) is 3.49. The van der Waals surface area contributed by atoms with Crippen LogP contribution in [0.4, 0.5) is 10.1 Å². The monoisotopic (exact) mass is 249 g/mol. The Morgan fingerprint density at radius 3 is 2.28 bits per heavy atom. The van der Waals surface area contributed by atoms with E-state index in [1.54, 1.807) is 12.1 Å². The van der Waals surface area contributed by atoms with Crippen LogP contribution in [0.2, 0.25) is 0 Å². The normalized spacial score (nSPS) is 22.7. The molecule has 0 unspecified atom stereocenters. The van der Waals surface area contributed by atoms with Gasteiger partial charge in [-0.25, -0.2) is 4.39 Å². The molecule has 1 saturated carbocycles. The lowest BCUT2D eigenvalue weighted by Gasteiger charge is -2.45. The molecule has 1 aliphatic rings. The van der Waals surface area contributed by atoms with Crippen molar-refractivity contribution in [2.45, 2.75) is 53.0 Å². The Labute approximate surface area is 110 Å². The predicted octanol–water partition coefficient (Wildman–Crippen LogP) is 4.84. The van der Waals surface area contributed by atoms with Gasteiger partial charge in [-0.05, 0) is 48.3 Å². The number of benzene rings is 1. The van der Waals surface area contributed by atoms with Crippen LogP contribution in [0.3, 0.4) is 0 Å². The Bertz CT molecular complexity index is 407. The van der Waals surface area contributed by atoms with Crippen molar-refractivity contribution >= 4 is 5.69 Å². The van der Waals surface area contributed by atoms with Crippen molar-refractivity contribution in [3.8, 4) is 0 Å². The summed E-state index contributed by atoms with van der Waals surface area (Å²) in [5.74, 6) is -0.172. The number of anilines is 1. The van der Waals surface area contributed by atoms with E-state index in [-0.39, 0.29) is 5.82 Å². The van der Waals surface area contributed by atoms with Crippen LogP contribution in [0.1, 0.15) is 47.0 Å². The zero-order chi connectivity index (χ0) is 13.4. The Morgan fingerprint density at radius 2 is 1.72 bits per heavy atom. The van der Waals surface area contributed by atoms with Gasteiger partial charge < -0.3 is 5.32 Å². The van der Waals surface area contributed by atoms with Crippen LogP contribution in [0.15, 0.2) is 24.3 Å². The second-order valence-corrected chi connectivity index (χ2v) is 7.27. The van der Waals surface area contributed by atoms with Gasteiger partial charge in [0.15, 0.2) is 0 Å². The lowest BCUT2D eigenvalue weighted by atomic mass is 9.63. The molecule has 1 aromatic rings. The molecule has 0 bridgehead atoms. The summed E-state index contributed by atoms with van der Waals surface area (Å²) in [4.78, 5) is 0. The van der Waals surface area contributed by atoms with Gasteiger partial charge in [0.2, 0.25) is 0 Å². The van der Waals surface area contributed by atoms with E-state index in [9.17, 15) is 4.39 Å². The number of hydrogen-bond acceptors (Lipinski definition) is 1. The number of rotatable bonds is 2. The average Bonchev–Trinajstić information content (AvgIpc) is 2.11. The number of hydrogen-bond donors (Lipinski definition) is 1. The Morgan fingerprint density at radius 1 is 1.11 bits per heavy atom. The minimum Gasteiger partial charge on any atom is -0.382 e. The SMILES string of the molecule is CC1(C)CC(Nc2cccc(F)c2)CC(C)(C)C1.